The average molecular weight is 258 g/mol. The Hall–Kier alpha value is -1.30. The molecule has 0 spiro atoms. The Bertz CT molecular complexity index is 298. The highest BCUT2D eigenvalue weighted by molar-refractivity contribution is 5.75. The zero-order valence-corrected chi connectivity index (χ0v) is 11.0. The number of likely N-dealkylation sites (tertiary alicyclic amines) is 1. The molecule has 0 unspecified atom stereocenters. The summed E-state index contributed by atoms with van der Waals surface area (Å²) in [5, 5.41) is 17.9. The van der Waals surface area contributed by atoms with E-state index in [-0.39, 0.29) is 24.6 Å². The van der Waals surface area contributed by atoms with Crippen LogP contribution < -0.4 is 0 Å². The van der Waals surface area contributed by atoms with Crippen molar-refractivity contribution in [1.29, 1.82) is 0 Å². The molecule has 0 saturated carbocycles. The van der Waals surface area contributed by atoms with Crippen LogP contribution in [0.5, 0.6) is 0 Å². The number of carboxylic acid groups (broad SMARTS) is 1. The van der Waals surface area contributed by atoms with Gasteiger partial charge in [-0.1, -0.05) is 0 Å². The largest absolute Gasteiger partial charge is 0.481 e. The van der Waals surface area contributed by atoms with Gasteiger partial charge in [0.2, 0.25) is 0 Å². The summed E-state index contributed by atoms with van der Waals surface area (Å²) in [6.07, 6.45) is 1.01. The molecule has 1 heterocycles. The first-order valence-corrected chi connectivity index (χ1v) is 6.36. The van der Waals surface area contributed by atoms with Gasteiger partial charge in [0, 0.05) is 25.7 Å². The molecule has 104 valence electrons. The third kappa shape index (κ3) is 3.60. The maximum absolute atomic E-state index is 12.2. The molecular weight excluding hydrogens is 236 g/mol. The van der Waals surface area contributed by atoms with Crippen LogP contribution in [0.15, 0.2) is 0 Å². The summed E-state index contributed by atoms with van der Waals surface area (Å²) in [7, 11) is 0. The first-order valence-electron chi connectivity index (χ1n) is 6.36. The molecule has 0 bridgehead atoms. The number of carbonyl (C=O) groups is 2. The Morgan fingerprint density at radius 3 is 2.28 bits per heavy atom. The molecule has 1 aliphatic rings. The Morgan fingerprint density at radius 1 is 1.33 bits per heavy atom. The fraction of sp³-hybridized carbons (Fsp3) is 0.833. The van der Waals surface area contributed by atoms with Crippen molar-refractivity contribution in [3.63, 3.8) is 0 Å². The second-order valence-electron chi connectivity index (χ2n) is 4.89. The molecule has 0 aromatic heterocycles. The van der Waals surface area contributed by atoms with Crippen LogP contribution >= 0.6 is 0 Å². The lowest BCUT2D eigenvalue weighted by molar-refractivity contribution is -0.143. The minimum Gasteiger partial charge on any atom is -0.481 e. The van der Waals surface area contributed by atoms with Crippen LogP contribution in [0, 0.1) is 5.92 Å². The number of aliphatic hydroxyl groups is 1. The number of aliphatic hydroxyl groups excluding tert-OH is 1. The summed E-state index contributed by atoms with van der Waals surface area (Å²) in [5.74, 6) is -1.11. The maximum Gasteiger partial charge on any atom is 0.320 e. The lowest BCUT2D eigenvalue weighted by Gasteiger charge is -2.36. The molecule has 18 heavy (non-hydrogen) atoms. The fourth-order valence-electron chi connectivity index (χ4n) is 2.18. The van der Waals surface area contributed by atoms with E-state index in [1.165, 1.54) is 0 Å². The standard InChI is InChI=1S/C12H22N2O4/c1-9(2)14(7-8-15)12(18)13-5-3-10(4-6-13)11(16)17/h9-10,15H,3-8H2,1-2H3,(H,16,17). The van der Waals surface area contributed by atoms with E-state index in [0.29, 0.717) is 32.5 Å². The molecular formula is C12H22N2O4. The molecule has 6 heteroatoms. The predicted molar refractivity (Wildman–Crippen MR) is 66.3 cm³/mol. The van der Waals surface area contributed by atoms with E-state index in [1.807, 2.05) is 13.8 Å². The number of carboxylic acids is 1. The first-order chi connectivity index (χ1) is 8.47. The number of rotatable bonds is 4. The lowest BCUT2D eigenvalue weighted by atomic mass is 9.97. The van der Waals surface area contributed by atoms with Gasteiger partial charge in [0.25, 0.3) is 0 Å². The van der Waals surface area contributed by atoms with Gasteiger partial charge in [-0.2, -0.15) is 0 Å². The quantitative estimate of drug-likeness (QED) is 0.774. The summed E-state index contributed by atoms with van der Waals surface area (Å²) in [6, 6.07) is -0.0789. The molecule has 0 atom stereocenters. The molecule has 1 aliphatic heterocycles. The van der Waals surface area contributed by atoms with Crippen molar-refractivity contribution in [2.75, 3.05) is 26.2 Å². The second kappa shape index (κ2) is 6.58. The monoisotopic (exact) mass is 258 g/mol. The van der Waals surface area contributed by atoms with Gasteiger partial charge in [-0.25, -0.2) is 4.79 Å². The SMILES string of the molecule is CC(C)N(CCO)C(=O)N1CCC(C(=O)O)CC1. The Morgan fingerprint density at radius 2 is 1.89 bits per heavy atom. The number of amides is 2. The number of urea groups is 1. The number of hydrogen-bond acceptors (Lipinski definition) is 3. The van der Waals surface area contributed by atoms with Gasteiger partial charge in [0.05, 0.1) is 12.5 Å². The van der Waals surface area contributed by atoms with E-state index >= 15 is 0 Å². The molecule has 2 amide bonds. The summed E-state index contributed by atoms with van der Waals surface area (Å²) in [6.45, 7) is 5.01. The van der Waals surface area contributed by atoms with Crippen LogP contribution in [0.3, 0.4) is 0 Å². The Balaban J connectivity index is 2.55. The lowest BCUT2D eigenvalue weighted by Crippen LogP contribution is -2.50. The van der Waals surface area contributed by atoms with Crippen molar-refractivity contribution in [3.8, 4) is 0 Å². The van der Waals surface area contributed by atoms with Crippen LogP contribution in [-0.2, 0) is 4.79 Å². The Kier molecular flexibility index (Phi) is 5.40. The highest BCUT2D eigenvalue weighted by atomic mass is 16.4. The van der Waals surface area contributed by atoms with Crippen molar-refractivity contribution in [1.82, 2.24) is 9.80 Å². The van der Waals surface area contributed by atoms with Crippen molar-refractivity contribution in [2.45, 2.75) is 32.7 Å². The molecule has 1 fully saturated rings. The molecule has 0 aromatic rings. The average Bonchev–Trinajstić information content (AvgIpc) is 2.35. The number of nitrogens with zero attached hydrogens (tertiary/aromatic N) is 2. The van der Waals surface area contributed by atoms with Crippen LogP contribution in [0.25, 0.3) is 0 Å². The van der Waals surface area contributed by atoms with Crippen LogP contribution in [0.2, 0.25) is 0 Å². The van der Waals surface area contributed by atoms with Crippen LogP contribution in [0.4, 0.5) is 4.79 Å². The van der Waals surface area contributed by atoms with E-state index in [1.54, 1.807) is 9.80 Å². The van der Waals surface area contributed by atoms with E-state index in [0.717, 1.165) is 0 Å². The van der Waals surface area contributed by atoms with E-state index in [2.05, 4.69) is 0 Å². The smallest absolute Gasteiger partial charge is 0.320 e. The van der Waals surface area contributed by atoms with E-state index < -0.39 is 5.97 Å². The first kappa shape index (κ1) is 14.8. The summed E-state index contributed by atoms with van der Waals surface area (Å²) in [4.78, 5) is 26.3. The maximum atomic E-state index is 12.2. The van der Waals surface area contributed by atoms with Gasteiger partial charge in [-0.15, -0.1) is 0 Å². The van der Waals surface area contributed by atoms with Crippen molar-refractivity contribution >= 4 is 12.0 Å². The van der Waals surface area contributed by atoms with E-state index in [4.69, 9.17) is 10.2 Å². The third-order valence-electron chi connectivity index (χ3n) is 3.32. The molecule has 6 nitrogen and oxygen atoms in total. The molecule has 0 aromatic carbocycles. The van der Waals surface area contributed by atoms with Crippen LogP contribution in [-0.4, -0.2) is 64.3 Å². The van der Waals surface area contributed by atoms with Crippen LogP contribution in [0.1, 0.15) is 26.7 Å². The zero-order chi connectivity index (χ0) is 13.7. The minimum atomic E-state index is -0.779. The van der Waals surface area contributed by atoms with Crippen molar-refractivity contribution in [2.24, 2.45) is 5.92 Å². The second-order valence-corrected chi connectivity index (χ2v) is 4.89. The van der Waals surface area contributed by atoms with Gasteiger partial charge in [-0.05, 0) is 26.7 Å². The molecule has 1 rings (SSSR count). The summed E-state index contributed by atoms with van der Waals surface area (Å²) < 4.78 is 0. The Labute approximate surface area is 107 Å². The van der Waals surface area contributed by atoms with Crippen molar-refractivity contribution in [3.05, 3.63) is 0 Å². The topological polar surface area (TPSA) is 81.1 Å². The molecule has 0 radical (unpaired) electrons. The van der Waals surface area contributed by atoms with E-state index in [9.17, 15) is 9.59 Å². The normalized spacial score (nSPS) is 17.0. The van der Waals surface area contributed by atoms with Gasteiger partial charge in [0.15, 0.2) is 0 Å². The third-order valence-corrected chi connectivity index (χ3v) is 3.32. The number of aliphatic carboxylic acids is 1. The molecule has 2 N–H and O–H groups in total. The highest BCUT2D eigenvalue weighted by Crippen LogP contribution is 2.19. The van der Waals surface area contributed by atoms with Gasteiger partial charge in [-0.3, -0.25) is 4.79 Å². The van der Waals surface area contributed by atoms with Crippen molar-refractivity contribution < 1.29 is 19.8 Å². The summed E-state index contributed by atoms with van der Waals surface area (Å²) in [5.41, 5.74) is 0. The number of carbonyl (C=O) groups excluding carboxylic acids is 1. The van der Waals surface area contributed by atoms with Gasteiger partial charge >= 0.3 is 12.0 Å². The fourth-order valence-corrected chi connectivity index (χ4v) is 2.18. The molecule has 1 saturated heterocycles. The number of hydrogen-bond donors (Lipinski definition) is 2. The zero-order valence-electron chi connectivity index (χ0n) is 11.0. The predicted octanol–water partition coefficient (Wildman–Crippen LogP) is 0.606. The number of piperidine rings is 1. The van der Waals surface area contributed by atoms with Gasteiger partial charge < -0.3 is 20.0 Å². The molecule has 0 aliphatic carbocycles. The summed E-state index contributed by atoms with van der Waals surface area (Å²) >= 11 is 0. The van der Waals surface area contributed by atoms with Gasteiger partial charge in [0.1, 0.15) is 0 Å². The minimum absolute atomic E-state index is 0.0295. The highest BCUT2D eigenvalue weighted by Gasteiger charge is 2.29.